The van der Waals surface area contributed by atoms with Crippen LogP contribution in [-0.2, 0) is 0 Å². The monoisotopic (exact) mass is 499 g/mol. The zero-order chi connectivity index (χ0) is 25.7. The summed E-state index contributed by atoms with van der Waals surface area (Å²) in [5, 5.41) is 9.45. The SMILES string of the molecule is O=c1[nH]c2ccccc2c2c3ccccc3c3[nH]c4ccc(-n5c6ccccc6c6ccccc65)cc4c3c12. The first-order chi connectivity index (χ1) is 19.3. The molecule has 3 heterocycles. The van der Waals surface area contributed by atoms with Crippen LogP contribution in [-0.4, -0.2) is 14.5 Å². The van der Waals surface area contributed by atoms with E-state index in [1.807, 2.05) is 24.3 Å². The number of aromatic amines is 2. The second-order valence-corrected chi connectivity index (χ2v) is 10.3. The van der Waals surface area contributed by atoms with E-state index in [1.165, 1.54) is 10.8 Å². The zero-order valence-electron chi connectivity index (χ0n) is 20.8. The molecule has 0 bridgehead atoms. The van der Waals surface area contributed by atoms with Crippen molar-refractivity contribution in [3.8, 4) is 5.69 Å². The summed E-state index contributed by atoms with van der Waals surface area (Å²) in [6.45, 7) is 0. The van der Waals surface area contributed by atoms with E-state index in [1.54, 1.807) is 0 Å². The molecule has 4 nitrogen and oxygen atoms in total. The Bertz CT molecular complexity index is 2470. The molecule has 6 aromatic carbocycles. The molecule has 9 rings (SSSR count). The number of benzene rings is 6. The molecule has 0 saturated heterocycles. The minimum atomic E-state index is -0.0670. The van der Waals surface area contributed by atoms with Crippen LogP contribution < -0.4 is 5.56 Å². The van der Waals surface area contributed by atoms with Crippen molar-refractivity contribution in [3.05, 3.63) is 126 Å². The predicted molar refractivity (Wildman–Crippen MR) is 163 cm³/mol. The highest BCUT2D eigenvalue weighted by Gasteiger charge is 2.19. The predicted octanol–water partition coefficient (Wildman–Crippen LogP) is 8.57. The fourth-order valence-corrected chi connectivity index (χ4v) is 6.66. The highest BCUT2D eigenvalue weighted by Crippen LogP contribution is 2.41. The van der Waals surface area contributed by atoms with Crippen LogP contribution >= 0.6 is 0 Å². The number of rotatable bonds is 1. The summed E-state index contributed by atoms with van der Waals surface area (Å²) in [4.78, 5) is 20.6. The summed E-state index contributed by atoms with van der Waals surface area (Å²) >= 11 is 0. The van der Waals surface area contributed by atoms with Gasteiger partial charge in [-0.25, -0.2) is 0 Å². The van der Waals surface area contributed by atoms with E-state index in [-0.39, 0.29) is 5.56 Å². The average molecular weight is 500 g/mol. The van der Waals surface area contributed by atoms with E-state index < -0.39 is 0 Å². The van der Waals surface area contributed by atoms with E-state index in [4.69, 9.17) is 0 Å². The van der Waals surface area contributed by atoms with Crippen LogP contribution in [0.25, 0.3) is 81.7 Å². The molecular formula is C35H21N3O. The van der Waals surface area contributed by atoms with E-state index in [2.05, 4.69) is 106 Å². The third-order valence-corrected chi connectivity index (χ3v) is 8.26. The standard InChI is InChI=1S/C35H21N3O/c39-35-33-31(25-13-3-6-14-27(25)37-35)23-11-1-2-12-24(23)34-32(33)26-19-20(17-18-28(26)36-34)38-29-15-7-4-9-21(29)22-10-5-8-16-30(22)38/h1-19,36H,(H,37,39). The maximum atomic E-state index is 13.8. The first-order valence-corrected chi connectivity index (χ1v) is 13.2. The van der Waals surface area contributed by atoms with Crippen LogP contribution in [0.4, 0.5) is 0 Å². The third-order valence-electron chi connectivity index (χ3n) is 8.26. The van der Waals surface area contributed by atoms with E-state index in [9.17, 15) is 4.79 Å². The lowest BCUT2D eigenvalue weighted by Gasteiger charge is -2.11. The molecule has 182 valence electrons. The van der Waals surface area contributed by atoms with Gasteiger partial charge in [0, 0.05) is 54.4 Å². The summed E-state index contributed by atoms with van der Waals surface area (Å²) in [7, 11) is 0. The van der Waals surface area contributed by atoms with E-state index in [0.29, 0.717) is 0 Å². The molecule has 0 aliphatic carbocycles. The number of hydrogen-bond acceptors (Lipinski definition) is 1. The van der Waals surface area contributed by atoms with Gasteiger partial charge < -0.3 is 14.5 Å². The highest BCUT2D eigenvalue weighted by atomic mass is 16.1. The number of nitrogens with one attached hydrogen (secondary N) is 2. The fourth-order valence-electron chi connectivity index (χ4n) is 6.66. The number of aromatic nitrogens is 3. The molecule has 9 aromatic rings. The van der Waals surface area contributed by atoms with E-state index >= 15 is 0 Å². The van der Waals surface area contributed by atoms with Crippen LogP contribution in [0.5, 0.6) is 0 Å². The lowest BCUT2D eigenvalue weighted by atomic mass is 9.95. The summed E-state index contributed by atoms with van der Waals surface area (Å²) in [5.41, 5.74) is 6.19. The lowest BCUT2D eigenvalue weighted by Crippen LogP contribution is -2.07. The fraction of sp³-hybridized carbons (Fsp3) is 0. The molecule has 0 unspecified atom stereocenters. The summed E-state index contributed by atoms with van der Waals surface area (Å²) in [6.07, 6.45) is 0. The molecular weight excluding hydrogens is 478 g/mol. The molecule has 0 amide bonds. The van der Waals surface area contributed by atoms with Crippen LogP contribution in [0.15, 0.2) is 120 Å². The van der Waals surface area contributed by atoms with Gasteiger partial charge in [0.15, 0.2) is 0 Å². The Kier molecular flexibility index (Phi) is 3.90. The maximum absolute atomic E-state index is 13.8. The van der Waals surface area contributed by atoms with Gasteiger partial charge in [0.05, 0.1) is 21.9 Å². The summed E-state index contributed by atoms with van der Waals surface area (Å²) in [6, 6.07) is 40.1. The molecule has 0 atom stereocenters. The van der Waals surface area contributed by atoms with Crippen LogP contribution in [0, 0.1) is 0 Å². The molecule has 0 spiro atoms. The van der Waals surface area contributed by atoms with Crippen molar-refractivity contribution in [2.75, 3.05) is 0 Å². The topological polar surface area (TPSA) is 53.6 Å². The van der Waals surface area contributed by atoms with E-state index in [0.717, 1.165) is 71.0 Å². The number of pyridine rings is 1. The Balaban J connectivity index is 1.50. The van der Waals surface area contributed by atoms with Gasteiger partial charge in [0.25, 0.3) is 5.56 Å². The van der Waals surface area contributed by atoms with Crippen molar-refractivity contribution in [3.63, 3.8) is 0 Å². The van der Waals surface area contributed by atoms with Gasteiger partial charge in [-0.05, 0) is 41.8 Å². The molecule has 0 aliphatic heterocycles. The second kappa shape index (κ2) is 7.36. The van der Waals surface area contributed by atoms with Crippen molar-refractivity contribution in [1.29, 1.82) is 0 Å². The number of hydrogen-bond donors (Lipinski definition) is 2. The van der Waals surface area contributed by atoms with Crippen LogP contribution in [0.1, 0.15) is 0 Å². The smallest absolute Gasteiger partial charge is 0.257 e. The Morgan fingerprint density at radius 2 is 1.05 bits per heavy atom. The van der Waals surface area contributed by atoms with Crippen LogP contribution in [0.2, 0.25) is 0 Å². The second-order valence-electron chi connectivity index (χ2n) is 10.3. The molecule has 3 aromatic heterocycles. The van der Waals surface area contributed by atoms with Crippen molar-refractivity contribution in [1.82, 2.24) is 14.5 Å². The molecule has 0 fully saturated rings. The van der Waals surface area contributed by atoms with Gasteiger partial charge in [-0.15, -0.1) is 0 Å². The Morgan fingerprint density at radius 3 is 1.79 bits per heavy atom. The van der Waals surface area contributed by atoms with Gasteiger partial charge in [0.1, 0.15) is 0 Å². The zero-order valence-corrected chi connectivity index (χ0v) is 20.8. The van der Waals surface area contributed by atoms with Crippen LogP contribution in [0.3, 0.4) is 0 Å². The molecule has 4 heteroatoms. The normalized spacial score (nSPS) is 12.2. The number of fused-ring (bicyclic) bond motifs is 13. The van der Waals surface area contributed by atoms with Crippen molar-refractivity contribution < 1.29 is 0 Å². The summed E-state index contributed by atoms with van der Waals surface area (Å²) in [5.74, 6) is 0. The van der Waals surface area contributed by atoms with Gasteiger partial charge in [-0.2, -0.15) is 0 Å². The Labute approximate surface area is 221 Å². The van der Waals surface area contributed by atoms with Gasteiger partial charge in [-0.1, -0.05) is 78.9 Å². The summed E-state index contributed by atoms with van der Waals surface area (Å²) < 4.78 is 2.33. The lowest BCUT2D eigenvalue weighted by molar-refractivity contribution is 1.19. The molecule has 39 heavy (non-hydrogen) atoms. The van der Waals surface area contributed by atoms with Gasteiger partial charge in [0.2, 0.25) is 0 Å². The van der Waals surface area contributed by atoms with Gasteiger partial charge >= 0.3 is 0 Å². The molecule has 2 N–H and O–H groups in total. The quantitative estimate of drug-likeness (QED) is 0.218. The molecule has 0 aliphatic rings. The maximum Gasteiger partial charge on any atom is 0.257 e. The van der Waals surface area contributed by atoms with Crippen molar-refractivity contribution in [2.24, 2.45) is 0 Å². The number of H-pyrrole nitrogens is 2. The van der Waals surface area contributed by atoms with Gasteiger partial charge in [-0.3, -0.25) is 4.79 Å². The average Bonchev–Trinajstić information content (AvgIpc) is 3.53. The number of nitrogens with zero attached hydrogens (tertiary/aromatic N) is 1. The Morgan fingerprint density at radius 1 is 0.462 bits per heavy atom. The largest absolute Gasteiger partial charge is 0.354 e. The molecule has 0 radical (unpaired) electrons. The minimum absolute atomic E-state index is 0.0670. The molecule has 0 saturated carbocycles. The minimum Gasteiger partial charge on any atom is -0.354 e. The highest BCUT2D eigenvalue weighted by molar-refractivity contribution is 6.35. The van der Waals surface area contributed by atoms with Crippen molar-refractivity contribution in [2.45, 2.75) is 0 Å². The first-order valence-electron chi connectivity index (χ1n) is 13.2. The van der Waals surface area contributed by atoms with Crippen molar-refractivity contribution >= 4 is 76.1 Å². The number of para-hydroxylation sites is 3. The first kappa shape index (κ1) is 20.7. The third kappa shape index (κ3) is 2.65. The Hall–Kier alpha value is -5.35.